The number of carbonyl (C=O) groups is 4. The second kappa shape index (κ2) is 29.2. The summed E-state index contributed by atoms with van der Waals surface area (Å²) in [5.74, 6) is -0.623. The first-order chi connectivity index (χ1) is 29.2. The second-order valence-electron chi connectivity index (χ2n) is 13.0. The van der Waals surface area contributed by atoms with E-state index in [2.05, 4.69) is 76.2 Å². The molecule has 0 spiro atoms. The fourth-order valence-corrected chi connectivity index (χ4v) is 6.12. The maximum absolute atomic E-state index is 12.1. The molecule has 0 aliphatic rings. The van der Waals surface area contributed by atoms with Crippen molar-refractivity contribution < 1.29 is 95.7 Å². The molecule has 0 saturated carbocycles. The number of anilines is 1. The molecule has 0 saturated heterocycles. The monoisotopic (exact) mass is 876 g/mol. The van der Waals surface area contributed by atoms with Gasteiger partial charge in [-0.3, -0.25) is 28.7 Å². The Hall–Kier alpha value is -4.17. The van der Waals surface area contributed by atoms with Crippen LogP contribution in [0.3, 0.4) is 0 Å². The van der Waals surface area contributed by atoms with E-state index in [-0.39, 0.29) is 81.3 Å². The molecule has 0 fully saturated rings. The number of phosphoric ester groups is 1. The summed E-state index contributed by atoms with van der Waals surface area (Å²) in [4.78, 5) is 67.8. The number of ketones is 1. The van der Waals surface area contributed by atoms with Crippen LogP contribution in [0.4, 0.5) is 5.69 Å². The minimum atomic E-state index is -4.78. The quantitative estimate of drug-likeness (QED) is 0.0299. The van der Waals surface area contributed by atoms with Crippen LogP contribution in [0.1, 0.15) is 12.8 Å². The number of hydrogen-bond donors (Lipinski definition) is 1. The maximum atomic E-state index is 12.1. The molecular formula is C41H50N4NaO14P. The largest absolute Gasteiger partial charge is 1.00 e. The van der Waals surface area contributed by atoms with Crippen molar-refractivity contribution in [2.75, 3.05) is 97.7 Å². The summed E-state index contributed by atoms with van der Waals surface area (Å²) in [5.41, 5.74) is 6.87. The Balaban J connectivity index is 0.00000992. The van der Waals surface area contributed by atoms with Crippen molar-refractivity contribution in [3.05, 3.63) is 79.0 Å². The van der Waals surface area contributed by atoms with Crippen molar-refractivity contribution in [3.63, 3.8) is 0 Å². The summed E-state index contributed by atoms with van der Waals surface area (Å²) in [6, 6.07) is 24.5. The number of fused-ring (bicyclic) bond motifs is 1. The number of likely N-dealkylation sites (N-methyl/N-ethyl adjacent to an activating group) is 1. The average Bonchev–Trinajstić information content (AvgIpc) is 3.26. The zero-order chi connectivity index (χ0) is 42.8. The third-order valence-corrected chi connectivity index (χ3v) is 9.46. The van der Waals surface area contributed by atoms with Crippen LogP contribution in [0.5, 0.6) is 0 Å². The van der Waals surface area contributed by atoms with Crippen molar-refractivity contribution >= 4 is 49.2 Å². The Morgan fingerprint density at radius 1 is 0.787 bits per heavy atom. The Labute approximate surface area is 376 Å². The predicted molar refractivity (Wildman–Crippen MR) is 217 cm³/mol. The van der Waals surface area contributed by atoms with Crippen molar-refractivity contribution in [1.82, 2.24) is 15.3 Å². The van der Waals surface area contributed by atoms with Crippen LogP contribution in [0, 0.1) is 0 Å². The number of rotatable bonds is 32. The van der Waals surface area contributed by atoms with Gasteiger partial charge < -0.3 is 52.6 Å². The van der Waals surface area contributed by atoms with Crippen LogP contribution in [0.25, 0.3) is 33.4 Å². The average molecular weight is 877 g/mol. The molecule has 61 heavy (non-hydrogen) atoms. The topological polar surface area (TPSA) is 223 Å². The Morgan fingerprint density at radius 3 is 2.25 bits per heavy atom. The zero-order valence-electron chi connectivity index (χ0n) is 34.3. The minimum Gasteiger partial charge on any atom is -0.756 e. The van der Waals surface area contributed by atoms with Gasteiger partial charge in [0.15, 0.2) is 11.9 Å². The van der Waals surface area contributed by atoms with Gasteiger partial charge in [0, 0.05) is 44.4 Å². The molecule has 18 nitrogen and oxygen atoms in total. The molecule has 1 N–H and O–H groups in total. The van der Waals surface area contributed by atoms with Gasteiger partial charge in [0.25, 0.3) is 20.8 Å². The fourth-order valence-electron chi connectivity index (χ4n) is 5.38. The molecule has 3 aromatic carbocycles. The first kappa shape index (κ1) is 51.2. The third-order valence-electron chi connectivity index (χ3n) is 8.50. The van der Waals surface area contributed by atoms with E-state index in [9.17, 15) is 28.6 Å². The second-order valence-corrected chi connectivity index (χ2v) is 14.4. The molecule has 0 radical (unpaired) electrons. The van der Waals surface area contributed by atoms with Gasteiger partial charge in [0.05, 0.1) is 69.2 Å². The van der Waals surface area contributed by atoms with E-state index in [0.29, 0.717) is 45.8 Å². The number of benzene rings is 3. The van der Waals surface area contributed by atoms with Gasteiger partial charge in [-0.15, -0.1) is 0 Å². The standard InChI is InChI=1S/C41H51N4O14P.Na/c1-45(35-7-4-6-34(24-35)32-11-13-33(14-12-32)40-25-43-38-9-2-3-10-39(38)44-40)16-19-53-21-20-52-17-5-8-36(48)26-54-22-23-55-29-41(49)42-15-18-58-60(50,51)59-28-37(57-31-47)27-56-30-46;/h2-4,6-7,9-14,24-25,30-31,37H,5,8,15-23,26-29H2,1H3,(H,42,49)(H,50,51);/q;+1/p-1. The van der Waals surface area contributed by atoms with Crippen LogP contribution in [0.15, 0.2) is 79.0 Å². The number of para-hydroxylation sites is 2. The van der Waals surface area contributed by atoms with Crippen molar-refractivity contribution in [2.24, 2.45) is 0 Å². The Bertz CT molecular complexity index is 1980. The van der Waals surface area contributed by atoms with E-state index in [1.165, 1.54) is 0 Å². The number of hydrogen-bond acceptors (Lipinski definition) is 17. The fraction of sp³-hybridized carbons (Fsp3) is 0.415. The first-order valence-corrected chi connectivity index (χ1v) is 20.6. The number of nitrogens with one attached hydrogen (secondary N) is 1. The van der Waals surface area contributed by atoms with Gasteiger partial charge in [0.1, 0.15) is 19.8 Å². The predicted octanol–water partition coefficient (Wildman–Crippen LogP) is 0.152. The normalized spacial score (nSPS) is 12.4. The molecular weight excluding hydrogens is 826 g/mol. The SMILES string of the molecule is CN(CCOCCOCCCC(=O)COCCOCC(=O)NCCOP(=O)([O-])OCC(COC=O)OC=O)c1cccc(-c2ccc(-c3cnc4ccccc4n3)cc2)c1.[Na+]. The molecule has 20 heteroatoms. The van der Waals surface area contributed by atoms with Crippen molar-refractivity contribution in [2.45, 2.75) is 18.9 Å². The van der Waals surface area contributed by atoms with E-state index >= 15 is 0 Å². The Morgan fingerprint density at radius 2 is 1.49 bits per heavy atom. The number of ether oxygens (including phenoxy) is 6. The number of carbonyl (C=O) groups excluding carboxylic acids is 4. The molecule has 324 valence electrons. The summed E-state index contributed by atoms with van der Waals surface area (Å²) in [7, 11) is -2.76. The maximum Gasteiger partial charge on any atom is 1.00 e. The van der Waals surface area contributed by atoms with E-state index in [1.54, 1.807) is 6.20 Å². The third kappa shape index (κ3) is 20.0. The summed E-state index contributed by atoms with van der Waals surface area (Å²) in [6.07, 6.45) is 1.49. The summed E-state index contributed by atoms with van der Waals surface area (Å²) >= 11 is 0. The van der Waals surface area contributed by atoms with E-state index < -0.39 is 39.7 Å². The smallest absolute Gasteiger partial charge is 0.756 e. The molecule has 1 heterocycles. The summed E-state index contributed by atoms with van der Waals surface area (Å²) in [5, 5.41) is 2.40. The minimum absolute atomic E-state index is 0. The molecule has 4 rings (SSSR count). The van der Waals surface area contributed by atoms with Crippen LogP contribution in [-0.2, 0) is 61.2 Å². The molecule has 2 atom stereocenters. The van der Waals surface area contributed by atoms with E-state index in [1.807, 2.05) is 37.4 Å². The molecule has 1 amide bonds. The van der Waals surface area contributed by atoms with E-state index in [0.717, 1.165) is 39.1 Å². The van der Waals surface area contributed by atoms with Crippen LogP contribution in [0.2, 0.25) is 0 Å². The van der Waals surface area contributed by atoms with Gasteiger partial charge in [-0.1, -0.05) is 48.5 Å². The number of phosphoric acid groups is 1. The molecule has 0 aliphatic heterocycles. The van der Waals surface area contributed by atoms with Crippen molar-refractivity contribution in [3.8, 4) is 22.4 Å². The molecule has 2 unspecified atom stereocenters. The zero-order valence-corrected chi connectivity index (χ0v) is 37.2. The number of Topliss-reactive ketones (excluding diaryl/α,β-unsaturated/α-hetero) is 1. The van der Waals surface area contributed by atoms with Crippen LogP contribution < -0.4 is 44.7 Å². The van der Waals surface area contributed by atoms with Crippen LogP contribution in [-0.4, -0.2) is 134 Å². The van der Waals surface area contributed by atoms with Gasteiger partial charge in [-0.05, 0) is 41.8 Å². The summed E-state index contributed by atoms with van der Waals surface area (Å²) < 4.78 is 51.7. The van der Waals surface area contributed by atoms with E-state index in [4.69, 9.17) is 23.9 Å². The first-order valence-electron chi connectivity index (χ1n) is 19.1. The molecule has 1 aromatic heterocycles. The summed E-state index contributed by atoms with van der Waals surface area (Å²) in [6.45, 7) is 0.732. The van der Waals surface area contributed by atoms with Gasteiger partial charge >= 0.3 is 29.6 Å². The van der Waals surface area contributed by atoms with Gasteiger partial charge in [0.2, 0.25) is 5.91 Å². The molecule has 0 aliphatic carbocycles. The molecule has 0 bridgehead atoms. The number of amides is 1. The van der Waals surface area contributed by atoms with Gasteiger partial charge in [-0.25, -0.2) is 4.98 Å². The van der Waals surface area contributed by atoms with Crippen molar-refractivity contribution in [1.29, 1.82) is 0 Å². The molecule has 4 aromatic rings. The van der Waals surface area contributed by atoms with Gasteiger partial charge in [-0.2, -0.15) is 0 Å². The number of aromatic nitrogens is 2. The Kier molecular flexibility index (Phi) is 24.5. The number of nitrogens with zero attached hydrogens (tertiary/aromatic N) is 3. The van der Waals surface area contributed by atoms with Crippen LogP contribution >= 0.6 is 7.82 Å².